The molecule has 132 valence electrons. The van der Waals surface area contributed by atoms with E-state index in [4.69, 9.17) is 5.10 Å². The second-order valence-electron chi connectivity index (χ2n) is 6.44. The lowest BCUT2D eigenvalue weighted by atomic mass is 10.1. The van der Waals surface area contributed by atoms with Gasteiger partial charge in [0, 0.05) is 32.0 Å². The van der Waals surface area contributed by atoms with Gasteiger partial charge in [0.1, 0.15) is 0 Å². The molecule has 0 saturated heterocycles. The van der Waals surface area contributed by atoms with Crippen LogP contribution in [-0.4, -0.2) is 31.2 Å². The molecule has 0 fully saturated rings. The number of benzene rings is 1. The SMILES string of the molecule is C=Cc1cccc(CN2CCn3nc(CNc4ncccn4)cc3C2)c1. The summed E-state index contributed by atoms with van der Waals surface area (Å²) in [5, 5.41) is 7.91. The van der Waals surface area contributed by atoms with E-state index in [9.17, 15) is 0 Å². The molecule has 3 aromatic rings. The summed E-state index contributed by atoms with van der Waals surface area (Å²) < 4.78 is 2.11. The van der Waals surface area contributed by atoms with E-state index in [1.54, 1.807) is 18.5 Å². The van der Waals surface area contributed by atoms with Crippen LogP contribution in [0.5, 0.6) is 0 Å². The van der Waals surface area contributed by atoms with Crippen molar-refractivity contribution in [2.75, 3.05) is 11.9 Å². The third-order valence-electron chi connectivity index (χ3n) is 4.51. The van der Waals surface area contributed by atoms with Crippen molar-refractivity contribution in [2.45, 2.75) is 26.2 Å². The summed E-state index contributed by atoms with van der Waals surface area (Å²) in [6.45, 7) is 8.25. The zero-order chi connectivity index (χ0) is 17.8. The molecule has 0 saturated carbocycles. The van der Waals surface area contributed by atoms with Gasteiger partial charge in [-0.15, -0.1) is 0 Å². The van der Waals surface area contributed by atoms with Gasteiger partial charge in [-0.1, -0.05) is 36.9 Å². The van der Waals surface area contributed by atoms with Crippen LogP contribution < -0.4 is 5.32 Å². The Morgan fingerprint density at radius 3 is 2.85 bits per heavy atom. The number of rotatable bonds is 6. The first-order chi connectivity index (χ1) is 12.8. The molecule has 3 heterocycles. The van der Waals surface area contributed by atoms with E-state index in [1.165, 1.54) is 16.8 Å². The Labute approximate surface area is 153 Å². The molecule has 6 nitrogen and oxygen atoms in total. The van der Waals surface area contributed by atoms with Crippen molar-refractivity contribution >= 4 is 12.0 Å². The zero-order valence-electron chi connectivity index (χ0n) is 14.7. The van der Waals surface area contributed by atoms with Gasteiger partial charge in [0.05, 0.1) is 24.5 Å². The molecule has 0 bridgehead atoms. The van der Waals surface area contributed by atoms with Crippen molar-refractivity contribution in [1.29, 1.82) is 0 Å². The number of hydrogen-bond acceptors (Lipinski definition) is 5. The Morgan fingerprint density at radius 1 is 1.12 bits per heavy atom. The summed E-state index contributed by atoms with van der Waals surface area (Å²) in [6.07, 6.45) is 5.35. The topological polar surface area (TPSA) is 58.9 Å². The maximum atomic E-state index is 4.69. The highest BCUT2D eigenvalue weighted by Crippen LogP contribution is 2.17. The molecule has 1 aliphatic rings. The molecular weight excluding hydrogens is 324 g/mol. The van der Waals surface area contributed by atoms with Crippen molar-refractivity contribution < 1.29 is 0 Å². The third-order valence-corrected chi connectivity index (χ3v) is 4.51. The lowest BCUT2D eigenvalue weighted by Crippen LogP contribution is -2.33. The summed E-state index contributed by atoms with van der Waals surface area (Å²) >= 11 is 0. The van der Waals surface area contributed by atoms with Crippen LogP contribution in [0.15, 0.2) is 55.4 Å². The fraction of sp³-hybridized carbons (Fsp3) is 0.250. The summed E-state index contributed by atoms with van der Waals surface area (Å²) in [7, 11) is 0. The number of anilines is 1. The normalized spacial score (nSPS) is 14.0. The van der Waals surface area contributed by atoms with Crippen molar-refractivity contribution in [3.8, 4) is 0 Å². The van der Waals surface area contributed by atoms with Gasteiger partial charge in [-0.2, -0.15) is 5.10 Å². The standard InChI is InChI=1S/C20H22N6/c1-2-16-5-3-6-17(11-16)14-25-9-10-26-19(15-25)12-18(24-26)13-23-20-21-7-4-8-22-20/h2-8,11-12H,1,9-10,13-15H2,(H,21,22,23). The number of nitrogens with zero attached hydrogens (tertiary/aromatic N) is 5. The van der Waals surface area contributed by atoms with Gasteiger partial charge >= 0.3 is 0 Å². The van der Waals surface area contributed by atoms with Gasteiger partial charge in [0.25, 0.3) is 0 Å². The molecular formula is C20H22N6. The predicted molar refractivity (Wildman–Crippen MR) is 102 cm³/mol. The molecule has 1 aliphatic heterocycles. The molecule has 0 amide bonds. The molecule has 0 spiro atoms. The minimum Gasteiger partial charge on any atom is -0.348 e. The van der Waals surface area contributed by atoms with Crippen LogP contribution in [0.2, 0.25) is 0 Å². The van der Waals surface area contributed by atoms with Crippen molar-refractivity contribution in [2.24, 2.45) is 0 Å². The average Bonchev–Trinajstić information content (AvgIpc) is 3.09. The average molecular weight is 346 g/mol. The zero-order valence-corrected chi connectivity index (χ0v) is 14.7. The number of nitrogens with one attached hydrogen (secondary N) is 1. The number of aromatic nitrogens is 4. The van der Waals surface area contributed by atoms with Crippen LogP contribution in [0.25, 0.3) is 6.08 Å². The van der Waals surface area contributed by atoms with Crippen LogP contribution in [0, 0.1) is 0 Å². The Hall–Kier alpha value is -2.99. The summed E-state index contributed by atoms with van der Waals surface area (Å²) in [5.41, 5.74) is 4.75. The minimum atomic E-state index is 0.627. The van der Waals surface area contributed by atoms with E-state index < -0.39 is 0 Å². The van der Waals surface area contributed by atoms with E-state index in [-0.39, 0.29) is 0 Å². The predicted octanol–water partition coefficient (Wildman–Crippen LogP) is 2.94. The van der Waals surface area contributed by atoms with Crippen molar-refractivity contribution in [1.82, 2.24) is 24.6 Å². The van der Waals surface area contributed by atoms with Gasteiger partial charge in [0.2, 0.25) is 5.95 Å². The fourth-order valence-corrected chi connectivity index (χ4v) is 3.24. The quantitative estimate of drug-likeness (QED) is 0.744. The second-order valence-corrected chi connectivity index (χ2v) is 6.44. The van der Waals surface area contributed by atoms with Crippen LogP contribution >= 0.6 is 0 Å². The van der Waals surface area contributed by atoms with Crippen molar-refractivity contribution in [3.63, 3.8) is 0 Å². The monoisotopic (exact) mass is 346 g/mol. The number of fused-ring (bicyclic) bond motifs is 1. The molecule has 1 N–H and O–H groups in total. The molecule has 0 radical (unpaired) electrons. The maximum absolute atomic E-state index is 4.69. The summed E-state index contributed by atoms with van der Waals surface area (Å²) in [6, 6.07) is 12.5. The smallest absolute Gasteiger partial charge is 0.222 e. The van der Waals surface area contributed by atoms with E-state index in [1.807, 2.05) is 6.08 Å². The van der Waals surface area contributed by atoms with E-state index in [2.05, 4.69) is 61.8 Å². The van der Waals surface area contributed by atoms with E-state index in [0.717, 1.165) is 31.9 Å². The molecule has 1 aromatic carbocycles. The first-order valence-corrected chi connectivity index (χ1v) is 8.80. The van der Waals surface area contributed by atoms with Crippen LogP contribution in [0.1, 0.15) is 22.5 Å². The lowest BCUT2D eigenvalue weighted by Gasteiger charge is -2.27. The van der Waals surface area contributed by atoms with Gasteiger partial charge < -0.3 is 5.32 Å². The lowest BCUT2D eigenvalue weighted by molar-refractivity contribution is 0.205. The Bertz CT molecular complexity index is 886. The molecule has 0 atom stereocenters. The molecule has 4 rings (SSSR count). The molecule has 26 heavy (non-hydrogen) atoms. The highest BCUT2D eigenvalue weighted by Gasteiger charge is 2.18. The van der Waals surface area contributed by atoms with Crippen molar-refractivity contribution in [3.05, 3.63) is 77.9 Å². The number of hydrogen-bond donors (Lipinski definition) is 1. The van der Waals surface area contributed by atoms with Gasteiger partial charge in [-0.05, 0) is 23.3 Å². The third kappa shape index (κ3) is 3.81. The van der Waals surface area contributed by atoms with Gasteiger partial charge in [-0.25, -0.2) is 9.97 Å². The highest BCUT2D eigenvalue weighted by atomic mass is 15.3. The summed E-state index contributed by atoms with van der Waals surface area (Å²) in [4.78, 5) is 10.8. The fourth-order valence-electron chi connectivity index (χ4n) is 3.24. The van der Waals surface area contributed by atoms with E-state index in [0.29, 0.717) is 12.5 Å². The summed E-state index contributed by atoms with van der Waals surface area (Å²) in [5.74, 6) is 0.627. The largest absolute Gasteiger partial charge is 0.348 e. The molecule has 0 unspecified atom stereocenters. The Kier molecular flexibility index (Phi) is 4.75. The van der Waals surface area contributed by atoms with Crippen LogP contribution in [-0.2, 0) is 26.2 Å². The van der Waals surface area contributed by atoms with E-state index >= 15 is 0 Å². The molecule has 0 aliphatic carbocycles. The van der Waals surface area contributed by atoms with Gasteiger partial charge in [-0.3, -0.25) is 9.58 Å². The first-order valence-electron chi connectivity index (χ1n) is 8.80. The van der Waals surface area contributed by atoms with Crippen LogP contribution in [0.4, 0.5) is 5.95 Å². The Morgan fingerprint density at radius 2 is 2.00 bits per heavy atom. The highest BCUT2D eigenvalue weighted by molar-refractivity contribution is 5.47. The Balaban J connectivity index is 1.39. The first kappa shape index (κ1) is 16.5. The van der Waals surface area contributed by atoms with Crippen LogP contribution in [0.3, 0.4) is 0 Å². The minimum absolute atomic E-state index is 0.627. The maximum Gasteiger partial charge on any atom is 0.222 e. The molecule has 6 heteroatoms. The van der Waals surface area contributed by atoms with Gasteiger partial charge in [0.15, 0.2) is 0 Å². The molecule has 2 aromatic heterocycles. The second kappa shape index (κ2) is 7.49.